The van der Waals surface area contributed by atoms with Crippen molar-refractivity contribution in [3.63, 3.8) is 0 Å². The fraction of sp³-hybridized carbons (Fsp3) is 0.133. The van der Waals surface area contributed by atoms with E-state index in [9.17, 15) is 4.79 Å². The second-order valence-corrected chi connectivity index (χ2v) is 3.74. The highest BCUT2D eigenvalue weighted by Crippen LogP contribution is 2.34. The third kappa shape index (κ3) is 2.07. The van der Waals surface area contributed by atoms with E-state index in [2.05, 4.69) is 0 Å². The van der Waals surface area contributed by atoms with Crippen molar-refractivity contribution in [2.45, 2.75) is 0 Å². The number of benzene rings is 2. The Morgan fingerprint density at radius 3 is 2.11 bits per heavy atom. The maximum absolute atomic E-state index is 11.3. The van der Waals surface area contributed by atoms with Crippen LogP contribution in [0.15, 0.2) is 42.5 Å². The van der Waals surface area contributed by atoms with Crippen LogP contribution >= 0.6 is 0 Å². The monoisotopic (exact) mass is 242 g/mol. The van der Waals surface area contributed by atoms with Gasteiger partial charge in [0.2, 0.25) is 0 Å². The Bertz CT molecular complexity index is 561. The normalized spacial score (nSPS) is 9.89. The lowest BCUT2D eigenvalue weighted by Crippen LogP contribution is -1.95. The summed E-state index contributed by atoms with van der Waals surface area (Å²) in [5, 5.41) is 0. The lowest BCUT2D eigenvalue weighted by atomic mass is 9.99. The van der Waals surface area contributed by atoms with Crippen LogP contribution < -0.4 is 9.47 Å². The SMILES string of the molecule is COc1ccccc1-c1cccc(OC)c1C=O. The highest BCUT2D eigenvalue weighted by molar-refractivity contribution is 5.92. The van der Waals surface area contributed by atoms with Crippen LogP contribution in [0.4, 0.5) is 0 Å². The number of para-hydroxylation sites is 1. The molecule has 2 aromatic rings. The topological polar surface area (TPSA) is 35.5 Å². The standard InChI is InChI=1S/C15H14O3/c1-17-14-8-4-3-6-12(14)11-7-5-9-15(18-2)13(11)10-16/h3-10H,1-2H3. The van der Waals surface area contributed by atoms with Crippen molar-refractivity contribution in [1.29, 1.82) is 0 Å². The Hall–Kier alpha value is -2.29. The van der Waals surface area contributed by atoms with Crippen molar-refractivity contribution >= 4 is 6.29 Å². The zero-order valence-corrected chi connectivity index (χ0v) is 10.3. The zero-order valence-electron chi connectivity index (χ0n) is 10.3. The van der Waals surface area contributed by atoms with Crippen molar-refractivity contribution in [3.8, 4) is 22.6 Å². The van der Waals surface area contributed by atoms with Gasteiger partial charge in [0.05, 0.1) is 19.8 Å². The van der Waals surface area contributed by atoms with E-state index in [1.165, 1.54) is 0 Å². The molecule has 0 bridgehead atoms. The molecule has 3 heteroatoms. The van der Waals surface area contributed by atoms with E-state index in [0.717, 1.165) is 23.2 Å². The Labute approximate surface area is 106 Å². The van der Waals surface area contributed by atoms with E-state index in [1.54, 1.807) is 20.3 Å². The molecule has 0 unspecified atom stereocenters. The summed E-state index contributed by atoms with van der Waals surface area (Å²) in [6.45, 7) is 0. The number of carbonyl (C=O) groups is 1. The lowest BCUT2D eigenvalue weighted by molar-refractivity contribution is 0.112. The maximum Gasteiger partial charge on any atom is 0.154 e. The van der Waals surface area contributed by atoms with Gasteiger partial charge in [0, 0.05) is 5.56 Å². The highest BCUT2D eigenvalue weighted by Gasteiger charge is 2.12. The van der Waals surface area contributed by atoms with Crippen LogP contribution in [0.3, 0.4) is 0 Å². The molecule has 2 aromatic carbocycles. The zero-order chi connectivity index (χ0) is 13.0. The average molecular weight is 242 g/mol. The van der Waals surface area contributed by atoms with Crippen LogP contribution in [-0.4, -0.2) is 20.5 Å². The van der Waals surface area contributed by atoms with Gasteiger partial charge < -0.3 is 9.47 Å². The van der Waals surface area contributed by atoms with E-state index in [4.69, 9.17) is 9.47 Å². The Morgan fingerprint density at radius 1 is 0.833 bits per heavy atom. The van der Waals surface area contributed by atoms with E-state index in [0.29, 0.717) is 11.3 Å². The molecule has 0 fully saturated rings. The van der Waals surface area contributed by atoms with Gasteiger partial charge in [-0.25, -0.2) is 0 Å². The van der Waals surface area contributed by atoms with Crippen molar-refractivity contribution in [3.05, 3.63) is 48.0 Å². The molecular formula is C15H14O3. The molecule has 0 aromatic heterocycles. The molecule has 0 saturated carbocycles. The van der Waals surface area contributed by atoms with Crippen molar-refractivity contribution in [2.24, 2.45) is 0 Å². The number of hydrogen-bond acceptors (Lipinski definition) is 3. The Balaban J connectivity index is 2.67. The van der Waals surface area contributed by atoms with Crippen LogP contribution in [0.5, 0.6) is 11.5 Å². The number of aldehydes is 1. The van der Waals surface area contributed by atoms with Gasteiger partial charge in [-0.1, -0.05) is 30.3 Å². The maximum atomic E-state index is 11.3. The van der Waals surface area contributed by atoms with Gasteiger partial charge >= 0.3 is 0 Å². The van der Waals surface area contributed by atoms with Crippen molar-refractivity contribution in [2.75, 3.05) is 14.2 Å². The summed E-state index contributed by atoms with van der Waals surface area (Å²) in [6.07, 6.45) is 0.806. The average Bonchev–Trinajstić information content (AvgIpc) is 2.46. The van der Waals surface area contributed by atoms with Crippen LogP contribution in [0, 0.1) is 0 Å². The predicted molar refractivity (Wildman–Crippen MR) is 70.4 cm³/mol. The molecule has 2 rings (SSSR count). The number of hydrogen-bond donors (Lipinski definition) is 0. The molecule has 0 spiro atoms. The predicted octanol–water partition coefficient (Wildman–Crippen LogP) is 3.18. The quantitative estimate of drug-likeness (QED) is 0.772. The largest absolute Gasteiger partial charge is 0.496 e. The summed E-state index contributed by atoms with van der Waals surface area (Å²) in [5.41, 5.74) is 2.22. The molecule has 0 N–H and O–H groups in total. The molecular weight excluding hydrogens is 228 g/mol. The van der Waals surface area contributed by atoms with Crippen molar-refractivity contribution < 1.29 is 14.3 Å². The molecule has 0 amide bonds. The summed E-state index contributed by atoms with van der Waals surface area (Å²) >= 11 is 0. The Morgan fingerprint density at radius 2 is 1.44 bits per heavy atom. The summed E-state index contributed by atoms with van der Waals surface area (Å²) in [7, 11) is 3.16. The summed E-state index contributed by atoms with van der Waals surface area (Å²) < 4.78 is 10.5. The van der Waals surface area contributed by atoms with Crippen LogP contribution in [0.1, 0.15) is 10.4 Å². The summed E-state index contributed by atoms with van der Waals surface area (Å²) in [5.74, 6) is 1.29. The van der Waals surface area contributed by atoms with Gasteiger partial charge in [-0.2, -0.15) is 0 Å². The summed E-state index contributed by atoms with van der Waals surface area (Å²) in [4.78, 5) is 11.3. The third-order valence-corrected chi connectivity index (χ3v) is 2.80. The highest BCUT2D eigenvalue weighted by atomic mass is 16.5. The van der Waals surface area contributed by atoms with E-state index >= 15 is 0 Å². The second kappa shape index (κ2) is 5.36. The van der Waals surface area contributed by atoms with Gasteiger partial charge in [0.25, 0.3) is 0 Å². The van der Waals surface area contributed by atoms with Gasteiger partial charge in [-0.05, 0) is 17.7 Å². The van der Waals surface area contributed by atoms with E-state index in [-0.39, 0.29) is 0 Å². The molecule has 0 radical (unpaired) electrons. The molecule has 0 atom stereocenters. The number of ether oxygens (including phenoxy) is 2. The fourth-order valence-electron chi connectivity index (χ4n) is 1.95. The minimum atomic E-state index is 0.532. The third-order valence-electron chi connectivity index (χ3n) is 2.80. The van der Waals surface area contributed by atoms with Crippen LogP contribution in [0.2, 0.25) is 0 Å². The number of rotatable bonds is 4. The molecule has 0 saturated heterocycles. The minimum Gasteiger partial charge on any atom is -0.496 e. The van der Waals surface area contributed by atoms with E-state index in [1.807, 2.05) is 36.4 Å². The number of carbonyl (C=O) groups excluding carboxylic acids is 1. The van der Waals surface area contributed by atoms with Gasteiger partial charge in [-0.3, -0.25) is 4.79 Å². The van der Waals surface area contributed by atoms with Crippen molar-refractivity contribution in [1.82, 2.24) is 0 Å². The molecule has 0 aliphatic carbocycles. The first-order valence-corrected chi connectivity index (χ1v) is 5.57. The van der Waals surface area contributed by atoms with Crippen LogP contribution in [0.25, 0.3) is 11.1 Å². The van der Waals surface area contributed by atoms with E-state index < -0.39 is 0 Å². The molecule has 3 nitrogen and oxygen atoms in total. The first kappa shape index (κ1) is 12.2. The second-order valence-electron chi connectivity index (χ2n) is 3.74. The van der Waals surface area contributed by atoms with Gasteiger partial charge in [-0.15, -0.1) is 0 Å². The van der Waals surface area contributed by atoms with Gasteiger partial charge in [0.15, 0.2) is 6.29 Å². The first-order valence-electron chi connectivity index (χ1n) is 5.57. The number of methoxy groups -OCH3 is 2. The molecule has 92 valence electrons. The lowest BCUT2D eigenvalue weighted by Gasteiger charge is -2.12. The van der Waals surface area contributed by atoms with Crippen LogP contribution in [-0.2, 0) is 0 Å². The molecule has 0 aliphatic rings. The molecule has 18 heavy (non-hydrogen) atoms. The fourth-order valence-corrected chi connectivity index (χ4v) is 1.95. The summed E-state index contributed by atoms with van der Waals surface area (Å²) in [6, 6.07) is 13.1. The minimum absolute atomic E-state index is 0.532. The smallest absolute Gasteiger partial charge is 0.154 e. The van der Waals surface area contributed by atoms with Gasteiger partial charge in [0.1, 0.15) is 11.5 Å². The Kier molecular flexibility index (Phi) is 3.63. The first-order chi connectivity index (χ1) is 8.81. The molecule has 0 heterocycles. The molecule has 0 aliphatic heterocycles.